The van der Waals surface area contributed by atoms with Crippen molar-refractivity contribution in [3.8, 4) is 0 Å². The number of aryl methyl sites for hydroxylation is 1. The minimum atomic E-state index is -1.08. The zero-order valence-corrected chi connectivity index (χ0v) is 19.6. The summed E-state index contributed by atoms with van der Waals surface area (Å²) in [7, 11) is 0. The van der Waals surface area contributed by atoms with E-state index in [2.05, 4.69) is 4.98 Å². The first-order valence-electron chi connectivity index (χ1n) is 10.2. The van der Waals surface area contributed by atoms with Crippen molar-refractivity contribution < 1.29 is 28.6 Å². The molecule has 1 amide bonds. The summed E-state index contributed by atoms with van der Waals surface area (Å²) in [6.07, 6.45) is 0. The number of benzene rings is 2. The number of aromatic nitrogens is 1. The number of esters is 1. The zero-order chi connectivity index (χ0) is 24.6. The maximum absolute atomic E-state index is 13.4. The van der Waals surface area contributed by atoms with E-state index < -0.39 is 35.3 Å². The van der Waals surface area contributed by atoms with E-state index in [0.717, 1.165) is 28.4 Å². The number of ether oxygens (including phenoxy) is 1. The summed E-state index contributed by atoms with van der Waals surface area (Å²) in [6, 6.07) is 10.3. The third-order valence-corrected chi connectivity index (χ3v) is 6.55. The molecule has 1 aromatic heterocycles. The van der Waals surface area contributed by atoms with Crippen molar-refractivity contribution >= 4 is 51.5 Å². The van der Waals surface area contributed by atoms with Crippen molar-refractivity contribution in [2.45, 2.75) is 19.9 Å². The molecule has 2 heterocycles. The van der Waals surface area contributed by atoms with Crippen LogP contribution in [0.5, 0.6) is 0 Å². The molecule has 3 aromatic rings. The molecule has 0 aliphatic carbocycles. The quantitative estimate of drug-likeness (QED) is 0.228. The van der Waals surface area contributed by atoms with Crippen LogP contribution in [0.15, 0.2) is 54.1 Å². The monoisotopic (exact) mass is 500 g/mol. The number of carbonyl (C=O) groups is 3. The molecule has 174 valence electrons. The fourth-order valence-corrected chi connectivity index (χ4v) is 4.84. The molecule has 1 fully saturated rings. The molecular weight excluding hydrogens is 483 g/mol. The molecule has 7 nitrogen and oxygen atoms in total. The fourth-order valence-electron chi connectivity index (χ4n) is 3.66. The summed E-state index contributed by atoms with van der Waals surface area (Å²) in [6.45, 7) is 3.42. The lowest BCUT2D eigenvalue weighted by Crippen LogP contribution is -2.29. The largest absolute Gasteiger partial charge is 0.507 e. The highest BCUT2D eigenvalue weighted by molar-refractivity contribution is 7.17. The highest BCUT2D eigenvalue weighted by atomic mass is 35.5. The molecule has 10 heteroatoms. The second-order valence-corrected chi connectivity index (χ2v) is 8.78. The third-order valence-electron chi connectivity index (χ3n) is 5.18. The highest BCUT2D eigenvalue weighted by Gasteiger charge is 2.48. The van der Waals surface area contributed by atoms with Crippen LogP contribution >= 0.6 is 22.9 Å². The Morgan fingerprint density at radius 1 is 1.24 bits per heavy atom. The number of rotatable bonds is 5. The van der Waals surface area contributed by atoms with Crippen molar-refractivity contribution in [1.82, 2.24) is 4.98 Å². The van der Waals surface area contributed by atoms with Gasteiger partial charge in [-0.15, -0.1) is 0 Å². The molecule has 0 unspecified atom stereocenters. The topological polar surface area (TPSA) is 96.8 Å². The number of hydrogen-bond donors (Lipinski definition) is 1. The Balaban J connectivity index is 1.91. The second kappa shape index (κ2) is 9.36. The molecule has 2 aromatic carbocycles. The van der Waals surface area contributed by atoms with Crippen LogP contribution in [0.3, 0.4) is 0 Å². The van der Waals surface area contributed by atoms with E-state index in [9.17, 15) is 23.9 Å². The van der Waals surface area contributed by atoms with E-state index in [4.69, 9.17) is 16.3 Å². The van der Waals surface area contributed by atoms with E-state index in [1.165, 1.54) is 12.1 Å². The summed E-state index contributed by atoms with van der Waals surface area (Å²) < 4.78 is 18.5. The standard InChI is InChI=1S/C24H18ClFN2O5S/c1-3-33-23(32)21-12(2)27-24(34-21)28-18(14-5-4-6-15(25)11-14)17(20(30)22(28)31)19(29)13-7-9-16(26)10-8-13/h4-11,18,29H,3H2,1-2H3/t18-/m1/s1. The number of halogens is 2. The number of nitrogens with zero attached hydrogens (tertiary/aromatic N) is 2. The van der Waals surface area contributed by atoms with Crippen LogP contribution in [0.1, 0.15) is 39.5 Å². The molecule has 4 rings (SSSR count). The van der Waals surface area contributed by atoms with Gasteiger partial charge in [0.2, 0.25) is 0 Å². The number of amides is 1. The van der Waals surface area contributed by atoms with Gasteiger partial charge in [-0.3, -0.25) is 14.5 Å². The Labute approximate surface area is 203 Å². The van der Waals surface area contributed by atoms with Gasteiger partial charge in [0.1, 0.15) is 16.5 Å². The Morgan fingerprint density at radius 3 is 2.59 bits per heavy atom. The predicted octanol–water partition coefficient (Wildman–Crippen LogP) is 5.05. The van der Waals surface area contributed by atoms with Gasteiger partial charge in [0.25, 0.3) is 5.78 Å². The van der Waals surface area contributed by atoms with Crippen LogP contribution < -0.4 is 4.90 Å². The van der Waals surface area contributed by atoms with Gasteiger partial charge >= 0.3 is 11.9 Å². The number of thiazole rings is 1. The molecule has 0 bridgehead atoms. The molecule has 0 saturated carbocycles. The van der Waals surface area contributed by atoms with E-state index >= 15 is 0 Å². The van der Waals surface area contributed by atoms with Crippen molar-refractivity contribution in [3.05, 3.63) is 86.6 Å². The Morgan fingerprint density at radius 2 is 1.94 bits per heavy atom. The highest BCUT2D eigenvalue weighted by Crippen LogP contribution is 2.44. The summed E-state index contributed by atoms with van der Waals surface area (Å²) in [5.74, 6) is -3.46. The number of ketones is 1. The van der Waals surface area contributed by atoms with E-state index in [-0.39, 0.29) is 27.8 Å². The number of carbonyl (C=O) groups excluding carboxylic acids is 3. The molecule has 1 atom stereocenters. The average molecular weight is 501 g/mol. The lowest BCUT2D eigenvalue weighted by molar-refractivity contribution is -0.132. The van der Waals surface area contributed by atoms with Gasteiger partial charge in [-0.1, -0.05) is 35.1 Å². The number of aliphatic hydroxyl groups is 1. The first-order chi connectivity index (χ1) is 16.2. The predicted molar refractivity (Wildman–Crippen MR) is 125 cm³/mol. The molecular formula is C24H18ClFN2O5S. The lowest BCUT2D eigenvalue weighted by Gasteiger charge is -2.23. The van der Waals surface area contributed by atoms with Gasteiger partial charge < -0.3 is 9.84 Å². The fraction of sp³-hybridized carbons (Fsp3) is 0.167. The van der Waals surface area contributed by atoms with E-state index in [1.807, 2.05) is 0 Å². The van der Waals surface area contributed by atoms with Crippen LogP contribution in [0.2, 0.25) is 5.02 Å². The molecule has 0 spiro atoms. The van der Waals surface area contributed by atoms with Gasteiger partial charge in [0, 0.05) is 10.6 Å². The number of aliphatic hydroxyl groups excluding tert-OH is 1. The summed E-state index contributed by atoms with van der Waals surface area (Å²) in [4.78, 5) is 44.3. The van der Waals surface area contributed by atoms with E-state index in [0.29, 0.717) is 16.3 Å². The van der Waals surface area contributed by atoms with E-state index in [1.54, 1.807) is 38.1 Å². The second-order valence-electron chi connectivity index (χ2n) is 7.36. The lowest BCUT2D eigenvalue weighted by atomic mass is 9.95. The van der Waals surface area contributed by atoms with Crippen molar-refractivity contribution in [2.75, 3.05) is 11.5 Å². The first-order valence-corrected chi connectivity index (χ1v) is 11.4. The van der Waals surface area contributed by atoms with Crippen LogP contribution in [0.25, 0.3) is 5.76 Å². The van der Waals surface area contributed by atoms with Gasteiger partial charge in [-0.2, -0.15) is 0 Å². The van der Waals surface area contributed by atoms with Gasteiger partial charge in [-0.25, -0.2) is 14.2 Å². The summed E-state index contributed by atoms with van der Waals surface area (Å²) in [5.41, 5.74) is 0.739. The molecule has 1 aliphatic rings. The van der Waals surface area contributed by atoms with Crippen LogP contribution in [-0.4, -0.2) is 34.4 Å². The molecule has 1 N–H and O–H groups in total. The SMILES string of the molecule is CCOC(=O)c1sc(N2C(=O)C(=O)C(=C(O)c3ccc(F)cc3)[C@H]2c2cccc(Cl)c2)nc1C. The Kier molecular flexibility index (Phi) is 6.49. The normalized spacial score (nSPS) is 17.3. The Bertz CT molecular complexity index is 1340. The number of Topliss-reactive ketones (excluding diaryl/α,β-unsaturated/α-hetero) is 1. The van der Waals surface area contributed by atoms with Gasteiger partial charge in [0.05, 0.1) is 23.9 Å². The summed E-state index contributed by atoms with van der Waals surface area (Å²) in [5, 5.41) is 11.5. The van der Waals surface area contributed by atoms with Crippen molar-refractivity contribution in [3.63, 3.8) is 0 Å². The Hall–Kier alpha value is -3.56. The van der Waals surface area contributed by atoms with Crippen LogP contribution in [0, 0.1) is 12.7 Å². The summed E-state index contributed by atoms with van der Waals surface area (Å²) >= 11 is 7.08. The zero-order valence-electron chi connectivity index (χ0n) is 18.0. The van der Waals surface area contributed by atoms with Gasteiger partial charge in [-0.05, 0) is 55.8 Å². The average Bonchev–Trinajstić information content (AvgIpc) is 3.31. The van der Waals surface area contributed by atoms with Gasteiger partial charge in [0.15, 0.2) is 5.13 Å². The van der Waals surface area contributed by atoms with Crippen molar-refractivity contribution in [1.29, 1.82) is 0 Å². The molecule has 34 heavy (non-hydrogen) atoms. The smallest absolute Gasteiger partial charge is 0.350 e. The van der Waals surface area contributed by atoms with Crippen LogP contribution in [-0.2, 0) is 14.3 Å². The molecule has 1 saturated heterocycles. The third kappa shape index (κ3) is 4.20. The van der Waals surface area contributed by atoms with Crippen LogP contribution in [0.4, 0.5) is 9.52 Å². The molecule has 1 aliphatic heterocycles. The molecule has 0 radical (unpaired) electrons. The number of anilines is 1. The number of hydrogen-bond acceptors (Lipinski definition) is 7. The minimum absolute atomic E-state index is 0.0887. The van der Waals surface area contributed by atoms with Crippen molar-refractivity contribution in [2.24, 2.45) is 0 Å². The maximum Gasteiger partial charge on any atom is 0.350 e. The minimum Gasteiger partial charge on any atom is -0.507 e. The maximum atomic E-state index is 13.4. The first kappa shape index (κ1) is 23.6.